The zero-order valence-corrected chi connectivity index (χ0v) is 17.6. The molecule has 5 rings (SSSR count). The highest BCUT2D eigenvalue weighted by molar-refractivity contribution is 6.30. The standard InChI is InChI=1S/C24H22ClN3O3/c25-18-3-1-2-16(10-18)14-28-7-6-17(11-23(28)29)20-4-5-22-21(20)12-19(13-26-22)27-8-9-31-24(30)15-27/h1-4,6-7,10-13,24,30H,5,8-9,14-15H2. The zero-order valence-electron chi connectivity index (χ0n) is 16.9. The van der Waals surface area contributed by atoms with Gasteiger partial charge in [0.25, 0.3) is 5.56 Å². The minimum Gasteiger partial charge on any atom is -0.366 e. The summed E-state index contributed by atoms with van der Waals surface area (Å²) in [5.41, 5.74) is 5.79. The highest BCUT2D eigenvalue weighted by Crippen LogP contribution is 2.33. The molecule has 3 aromatic rings. The molecule has 1 aromatic carbocycles. The molecule has 1 atom stereocenters. The van der Waals surface area contributed by atoms with Crippen molar-refractivity contribution >= 4 is 22.9 Å². The Bertz CT molecular complexity index is 1220. The molecule has 0 radical (unpaired) electrons. The molecule has 1 fully saturated rings. The lowest BCUT2D eigenvalue weighted by atomic mass is 10.0. The van der Waals surface area contributed by atoms with Crippen LogP contribution in [-0.2, 0) is 17.7 Å². The normalized spacial score (nSPS) is 18.1. The molecule has 0 spiro atoms. The molecule has 7 heteroatoms. The average Bonchev–Trinajstić information content (AvgIpc) is 3.18. The quantitative estimate of drug-likeness (QED) is 0.682. The number of allylic oxidation sites excluding steroid dienone is 1. The number of β-amino-alcohol motifs (C(OH)–C–C–N with tert-alkyl or cyclic N) is 1. The molecule has 0 amide bonds. The Labute approximate surface area is 185 Å². The lowest BCUT2D eigenvalue weighted by Gasteiger charge is -2.32. The number of aromatic nitrogens is 2. The Hall–Kier alpha value is -2.93. The molecule has 3 heterocycles. The van der Waals surface area contributed by atoms with Gasteiger partial charge in [-0.2, -0.15) is 0 Å². The largest absolute Gasteiger partial charge is 0.366 e. The molecule has 0 saturated carbocycles. The number of aliphatic hydroxyl groups is 1. The summed E-state index contributed by atoms with van der Waals surface area (Å²) in [7, 11) is 0. The van der Waals surface area contributed by atoms with Crippen LogP contribution in [0.2, 0.25) is 5.02 Å². The number of rotatable bonds is 4. The van der Waals surface area contributed by atoms with Crippen molar-refractivity contribution in [2.45, 2.75) is 19.3 Å². The van der Waals surface area contributed by atoms with Crippen LogP contribution in [0.5, 0.6) is 0 Å². The van der Waals surface area contributed by atoms with Crippen molar-refractivity contribution < 1.29 is 9.84 Å². The second kappa shape index (κ2) is 8.30. The van der Waals surface area contributed by atoms with E-state index in [1.807, 2.05) is 42.7 Å². The maximum atomic E-state index is 12.8. The van der Waals surface area contributed by atoms with E-state index < -0.39 is 6.29 Å². The minimum atomic E-state index is -0.788. The van der Waals surface area contributed by atoms with Crippen LogP contribution >= 0.6 is 11.6 Å². The van der Waals surface area contributed by atoms with Crippen LogP contribution in [0.25, 0.3) is 5.57 Å². The first-order valence-corrected chi connectivity index (χ1v) is 10.6. The number of nitrogens with zero attached hydrogens (tertiary/aromatic N) is 3. The Morgan fingerprint density at radius 2 is 2.13 bits per heavy atom. The van der Waals surface area contributed by atoms with Crippen LogP contribution in [0, 0.1) is 0 Å². The van der Waals surface area contributed by atoms with Gasteiger partial charge in [0.2, 0.25) is 0 Å². The predicted octanol–water partition coefficient (Wildman–Crippen LogP) is 3.09. The average molecular weight is 436 g/mol. The Morgan fingerprint density at radius 1 is 1.23 bits per heavy atom. The number of pyridine rings is 2. The van der Waals surface area contributed by atoms with Gasteiger partial charge in [0, 0.05) is 35.8 Å². The summed E-state index contributed by atoms with van der Waals surface area (Å²) in [4.78, 5) is 19.5. The third-order valence-electron chi connectivity index (χ3n) is 5.71. The zero-order chi connectivity index (χ0) is 21.4. The first-order valence-electron chi connectivity index (χ1n) is 10.3. The molecule has 1 N–H and O–H groups in total. The second-order valence-electron chi connectivity index (χ2n) is 7.79. The molecule has 158 valence electrons. The Morgan fingerprint density at radius 3 is 2.94 bits per heavy atom. The molecule has 0 bridgehead atoms. The van der Waals surface area contributed by atoms with Crippen LogP contribution in [0.4, 0.5) is 5.69 Å². The van der Waals surface area contributed by atoms with Gasteiger partial charge in [-0.3, -0.25) is 9.78 Å². The van der Waals surface area contributed by atoms with Gasteiger partial charge in [-0.05, 0) is 41.0 Å². The van der Waals surface area contributed by atoms with E-state index >= 15 is 0 Å². The van der Waals surface area contributed by atoms with Crippen LogP contribution in [0.3, 0.4) is 0 Å². The molecular weight excluding hydrogens is 414 g/mol. The molecule has 1 saturated heterocycles. The molecule has 31 heavy (non-hydrogen) atoms. The number of hydrogen-bond acceptors (Lipinski definition) is 5. The Kier molecular flexibility index (Phi) is 5.36. The van der Waals surface area contributed by atoms with Gasteiger partial charge in [0.1, 0.15) is 0 Å². The van der Waals surface area contributed by atoms with Gasteiger partial charge in [0.05, 0.1) is 37.3 Å². The molecule has 6 nitrogen and oxygen atoms in total. The number of anilines is 1. The van der Waals surface area contributed by atoms with Crippen LogP contribution in [0.1, 0.15) is 22.4 Å². The van der Waals surface area contributed by atoms with E-state index in [0.29, 0.717) is 31.3 Å². The van der Waals surface area contributed by atoms with Gasteiger partial charge < -0.3 is 19.3 Å². The van der Waals surface area contributed by atoms with Crippen molar-refractivity contribution in [1.82, 2.24) is 9.55 Å². The van der Waals surface area contributed by atoms with Gasteiger partial charge >= 0.3 is 0 Å². The summed E-state index contributed by atoms with van der Waals surface area (Å²) in [6.45, 7) is 2.07. The van der Waals surface area contributed by atoms with Crippen LogP contribution in [0.15, 0.2) is 65.7 Å². The SMILES string of the molecule is O=c1cc(C2=CCc3ncc(N4CCOC(O)C4)cc32)ccn1Cc1cccc(Cl)c1. The topological polar surface area (TPSA) is 67.6 Å². The molecule has 1 aliphatic carbocycles. The summed E-state index contributed by atoms with van der Waals surface area (Å²) < 4.78 is 6.90. The van der Waals surface area contributed by atoms with E-state index in [2.05, 4.69) is 22.0 Å². The van der Waals surface area contributed by atoms with Gasteiger partial charge in [-0.25, -0.2) is 0 Å². The van der Waals surface area contributed by atoms with Crippen molar-refractivity contribution in [3.8, 4) is 0 Å². The second-order valence-corrected chi connectivity index (χ2v) is 8.23. The summed E-state index contributed by atoms with van der Waals surface area (Å²) in [6, 6.07) is 13.3. The maximum absolute atomic E-state index is 12.8. The van der Waals surface area contributed by atoms with Gasteiger partial charge in [0.15, 0.2) is 6.29 Å². The maximum Gasteiger partial charge on any atom is 0.251 e. The van der Waals surface area contributed by atoms with E-state index in [9.17, 15) is 9.90 Å². The molecular formula is C24H22ClN3O3. The lowest BCUT2D eigenvalue weighted by Crippen LogP contribution is -2.42. The van der Waals surface area contributed by atoms with Crippen molar-refractivity contribution in [2.24, 2.45) is 0 Å². The van der Waals surface area contributed by atoms with Gasteiger partial charge in [-0.15, -0.1) is 0 Å². The van der Waals surface area contributed by atoms with E-state index in [1.54, 1.807) is 10.6 Å². The smallest absolute Gasteiger partial charge is 0.251 e. The predicted molar refractivity (Wildman–Crippen MR) is 120 cm³/mol. The summed E-state index contributed by atoms with van der Waals surface area (Å²) >= 11 is 6.06. The fraction of sp³-hybridized carbons (Fsp3) is 0.250. The van der Waals surface area contributed by atoms with E-state index in [1.165, 1.54) is 0 Å². The van der Waals surface area contributed by atoms with E-state index in [0.717, 1.165) is 40.1 Å². The number of fused-ring (bicyclic) bond motifs is 1. The summed E-state index contributed by atoms with van der Waals surface area (Å²) in [6.07, 6.45) is 5.74. The van der Waals surface area contributed by atoms with Crippen molar-refractivity contribution in [3.05, 3.63) is 98.7 Å². The number of ether oxygens (including phenoxy) is 1. The lowest BCUT2D eigenvalue weighted by molar-refractivity contribution is -0.104. The van der Waals surface area contributed by atoms with Crippen molar-refractivity contribution in [3.63, 3.8) is 0 Å². The number of aliphatic hydroxyl groups excluding tert-OH is 1. The van der Waals surface area contributed by atoms with E-state index in [-0.39, 0.29) is 5.56 Å². The first kappa shape index (κ1) is 20.0. The highest BCUT2D eigenvalue weighted by atomic mass is 35.5. The number of hydrogen-bond donors (Lipinski definition) is 1. The summed E-state index contributed by atoms with van der Waals surface area (Å²) in [5, 5.41) is 10.5. The number of benzene rings is 1. The molecule has 2 aromatic heterocycles. The van der Waals surface area contributed by atoms with E-state index in [4.69, 9.17) is 16.3 Å². The fourth-order valence-corrected chi connectivity index (χ4v) is 4.35. The number of morpholine rings is 1. The third kappa shape index (κ3) is 4.14. The monoisotopic (exact) mass is 435 g/mol. The molecule has 1 unspecified atom stereocenters. The fourth-order valence-electron chi connectivity index (χ4n) is 4.14. The Balaban J connectivity index is 1.41. The third-order valence-corrected chi connectivity index (χ3v) is 5.94. The van der Waals surface area contributed by atoms with Crippen molar-refractivity contribution in [1.29, 1.82) is 0 Å². The summed E-state index contributed by atoms with van der Waals surface area (Å²) in [5.74, 6) is 0. The van der Waals surface area contributed by atoms with Crippen LogP contribution < -0.4 is 10.5 Å². The van der Waals surface area contributed by atoms with Crippen LogP contribution in [-0.4, -0.2) is 40.6 Å². The first-order chi connectivity index (χ1) is 15.1. The molecule has 2 aliphatic rings. The van der Waals surface area contributed by atoms with Gasteiger partial charge in [-0.1, -0.05) is 29.8 Å². The minimum absolute atomic E-state index is 0.0627. The highest BCUT2D eigenvalue weighted by Gasteiger charge is 2.23. The van der Waals surface area contributed by atoms with Crippen molar-refractivity contribution in [2.75, 3.05) is 24.6 Å². The molecule has 1 aliphatic heterocycles. The number of halogens is 1.